The van der Waals surface area contributed by atoms with Gasteiger partial charge in [0, 0.05) is 24.2 Å². The molecule has 2 N–H and O–H groups in total. The predicted molar refractivity (Wildman–Crippen MR) is 119 cm³/mol. The van der Waals surface area contributed by atoms with Crippen molar-refractivity contribution in [2.45, 2.75) is 52.4 Å². The maximum absolute atomic E-state index is 12.5. The summed E-state index contributed by atoms with van der Waals surface area (Å²) in [6, 6.07) is 18.7. The molecule has 0 saturated carbocycles. The van der Waals surface area contributed by atoms with Crippen LogP contribution in [0.25, 0.3) is 0 Å². The average molecular weight is 395 g/mol. The molecule has 2 rings (SSSR count). The molecule has 29 heavy (non-hydrogen) atoms. The van der Waals surface area contributed by atoms with Gasteiger partial charge in [-0.2, -0.15) is 0 Å². The molecule has 0 bridgehead atoms. The number of benzene rings is 2. The Morgan fingerprint density at radius 1 is 0.759 bits per heavy atom. The van der Waals surface area contributed by atoms with Crippen LogP contribution < -0.4 is 10.6 Å². The Morgan fingerprint density at radius 3 is 1.79 bits per heavy atom. The van der Waals surface area contributed by atoms with E-state index in [-0.39, 0.29) is 17.2 Å². The number of nitrogens with one attached hydrogen (secondary N) is 2. The summed E-state index contributed by atoms with van der Waals surface area (Å²) in [4.78, 5) is 24.7. The van der Waals surface area contributed by atoms with Gasteiger partial charge < -0.3 is 10.6 Å². The molecule has 0 aliphatic carbocycles. The molecule has 1 unspecified atom stereocenters. The fourth-order valence-electron chi connectivity index (χ4n) is 3.65. The molecule has 0 aliphatic heterocycles. The first-order valence-electron chi connectivity index (χ1n) is 10.8. The molecular formula is C25H34N2O2. The molecule has 0 aromatic heterocycles. The van der Waals surface area contributed by atoms with Gasteiger partial charge in [-0.15, -0.1) is 0 Å². The van der Waals surface area contributed by atoms with E-state index in [0.29, 0.717) is 24.2 Å². The smallest absolute Gasteiger partial charge is 0.251 e. The van der Waals surface area contributed by atoms with E-state index in [1.807, 2.05) is 60.7 Å². The summed E-state index contributed by atoms with van der Waals surface area (Å²) in [6.45, 7) is 5.72. The Labute approximate surface area is 175 Å². The zero-order valence-corrected chi connectivity index (χ0v) is 17.7. The number of hydrogen-bond acceptors (Lipinski definition) is 2. The Balaban J connectivity index is 1.88. The Morgan fingerprint density at radius 2 is 1.28 bits per heavy atom. The van der Waals surface area contributed by atoms with Crippen molar-refractivity contribution >= 4 is 11.8 Å². The van der Waals surface area contributed by atoms with Crippen LogP contribution >= 0.6 is 0 Å². The molecular weight excluding hydrogens is 360 g/mol. The first-order chi connectivity index (χ1) is 14.1. The van der Waals surface area contributed by atoms with E-state index in [2.05, 4.69) is 24.5 Å². The van der Waals surface area contributed by atoms with Crippen molar-refractivity contribution in [1.82, 2.24) is 10.6 Å². The molecule has 4 heteroatoms. The second kappa shape index (κ2) is 12.1. The summed E-state index contributed by atoms with van der Waals surface area (Å²) in [7, 11) is 0. The molecule has 0 spiro atoms. The van der Waals surface area contributed by atoms with E-state index in [0.717, 1.165) is 38.5 Å². The van der Waals surface area contributed by atoms with Crippen LogP contribution in [0.1, 0.15) is 73.1 Å². The SMILES string of the molecule is CCCCC(CC)(CCCNC(=O)c1ccccc1)CNC(=O)c1ccccc1. The summed E-state index contributed by atoms with van der Waals surface area (Å²) in [5.41, 5.74) is 1.45. The van der Waals surface area contributed by atoms with Gasteiger partial charge in [0.15, 0.2) is 0 Å². The van der Waals surface area contributed by atoms with E-state index >= 15 is 0 Å². The molecule has 2 amide bonds. The van der Waals surface area contributed by atoms with Gasteiger partial charge in [-0.3, -0.25) is 9.59 Å². The highest BCUT2D eigenvalue weighted by molar-refractivity contribution is 5.94. The lowest BCUT2D eigenvalue weighted by Crippen LogP contribution is -2.38. The van der Waals surface area contributed by atoms with Crippen LogP contribution in [0.5, 0.6) is 0 Å². The van der Waals surface area contributed by atoms with Crippen LogP contribution in [-0.2, 0) is 0 Å². The van der Waals surface area contributed by atoms with Gasteiger partial charge in [0.05, 0.1) is 0 Å². The zero-order chi connectivity index (χ0) is 21.0. The van der Waals surface area contributed by atoms with Crippen molar-refractivity contribution in [2.24, 2.45) is 5.41 Å². The van der Waals surface area contributed by atoms with Crippen molar-refractivity contribution in [3.05, 3.63) is 71.8 Å². The van der Waals surface area contributed by atoms with Crippen LogP contribution in [0.4, 0.5) is 0 Å². The fourth-order valence-corrected chi connectivity index (χ4v) is 3.65. The maximum atomic E-state index is 12.5. The number of amides is 2. The largest absolute Gasteiger partial charge is 0.352 e. The number of unbranched alkanes of at least 4 members (excludes halogenated alkanes) is 1. The lowest BCUT2D eigenvalue weighted by Gasteiger charge is -2.33. The van der Waals surface area contributed by atoms with E-state index < -0.39 is 0 Å². The second-order valence-electron chi connectivity index (χ2n) is 7.73. The number of carbonyl (C=O) groups excluding carboxylic acids is 2. The molecule has 1 atom stereocenters. The summed E-state index contributed by atoms with van der Waals surface area (Å²) in [6.07, 6.45) is 6.26. The fraction of sp³-hybridized carbons (Fsp3) is 0.440. The summed E-state index contributed by atoms with van der Waals surface area (Å²) in [5, 5.41) is 6.17. The van der Waals surface area contributed by atoms with Crippen molar-refractivity contribution in [2.75, 3.05) is 13.1 Å². The zero-order valence-electron chi connectivity index (χ0n) is 17.7. The highest BCUT2D eigenvalue weighted by Crippen LogP contribution is 2.33. The molecule has 4 nitrogen and oxygen atoms in total. The van der Waals surface area contributed by atoms with Crippen molar-refractivity contribution in [3.8, 4) is 0 Å². The molecule has 0 saturated heterocycles. The van der Waals surface area contributed by atoms with E-state index in [4.69, 9.17) is 0 Å². The molecule has 0 fully saturated rings. The highest BCUT2D eigenvalue weighted by atomic mass is 16.2. The third-order valence-electron chi connectivity index (χ3n) is 5.68. The van der Waals surface area contributed by atoms with Gasteiger partial charge in [0.1, 0.15) is 0 Å². The van der Waals surface area contributed by atoms with Gasteiger partial charge in [-0.05, 0) is 55.4 Å². The first-order valence-corrected chi connectivity index (χ1v) is 10.8. The molecule has 0 radical (unpaired) electrons. The minimum atomic E-state index is -0.0290. The van der Waals surface area contributed by atoms with Gasteiger partial charge in [-0.1, -0.05) is 63.1 Å². The molecule has 156 valence electrons. The highest BCUT2D eigenvalue weighted by Gasteiger charge is 2.28. The molecule has 2 aromatic rings. The van der Waals surface area contributed by atoms with Gasteiger partial charge in [0.2, 0.25) is 0 Å². The number of carbonyl (C=O) groups is 2. The van der Waals surface area contributed by atoms with Gasteiger partial charge >= 0.3 is 0 Å². The predicted octanol–water partition coefficient (Wildman–Crippen LogP) is 5.21. The number of hydrogen-bond donors (Lipinski definition) is 2. The topological polar surface area (TPSA) is 58.2 Å². The molecule has 0 heterocycles. The lowest BCUT2D eigenvalue weighted by atomic mass is 9.76. The Kier molecular flexibility index (Phi) is 9.42. The monoisotopic (exact) mass is 394 g/mol. The van der Waals surface area contributed by atoms with Crippen LogP contribution in [0.15, 0.2) is 60.7 Å². The van der Waals surface area contributed by atoms with Crippen molar-refractivity contribution < 1.29 is 9.59 Å². The van der Waals surface area contributed by atoms with E-state index in [1.165, 1.54) is 0 Å². The standard InChI is InChI=1S/C25H34N2O2/c1-3-5-17-25(4-2,20-27-24(29)22-15-10-7-11-16-22)18-12-19-26-23(28)21-13-8-6-9-14-21/h6-11,13-16H,3-5,12,17-20H2,1-2H3,(H,26,28)(H,27,29). The Hall–Kier alpha value is -2.62. The molecule has 0 aliphatic rings. The minimum Gasteiger partial charge on any atom is -0.352 e. The van der Waals surface area contributed by atoms with Crippen molar-refractivity contribution in [3.63, 3.8) is 0 Å². The van der Waals surface area contributed by atoms with E-state index in [9.17, 15) is 9.59 Å². The summed E-state index contributed by atoms with van der Waals surface area (Å²) < 4.78 is 0. The molecule has 2 aromatic carbocycles. The quantitative estimate of drug-likeness (QED) is 0.485. The van der Waals surface area contributed by atoms with Crippen molar-refractivity contribution in [1.29, 1.82) is 0 Å². The normalized spacial score (nSPS) is 12.8. The summed E-state index contributed by atoms with van der Waals surface area (Å²) in [5.74, 6) is -0.0454. The van der Waals surface area contributed by atoms with Gasteiger partial charge in [0.25, 0.3) is 11.8 Å². The average Bonchev–Trinajstić information content (AvgIpc) is 2.79. The maximum Gasteiger partial charge on any atom is 0.251 e. The van der Waals surface area contributed by atoms with Crippen LogP contribution in [0, 0.1) is 5.41 Å². The number of rotatable bonds is 12. The lowest BCUT2D eigenvalue weighted by molar-refractivity contribution is 0.0916. The third kappa shape index (κ3) is 7.37. The summed E-state index contributed by atoms with van der Waals surface area (Å²) >= 11 is 0. The van der Waals surface area contributed by atoms with E-state index in [1.54, 1.807) is 0 Å². The third-order valence-corrected chi connectivity index (χ3v) is 5.68. The first kappa shape index (κ1) is 22.7. The van der Waals surface area contributed by atoms with Crippen LogP contribution in [0.2, 0.25) is 0 Å². The van der Waals surface area contributed by atoms with Crippen LogP contribution in [0.3, 0.4) is 0 Å². The minimum absolute atomic E-state index is 0.0164. The van der Waals surface area contributed by atoms with Crippen LogP contribution in [-0.4, -0.2) is 24.9 Å². The van der Waals surface area contributed by atoms with Gasteiger partial charge in [-0.25, -0.2) is 0 Å². The Bertz CT molecular complexity index is 746. The second-order valence-corrected chi connectivity index (χ2v) is 7.73.